The number of halogens is 1. The normalized spacial score (nSPS) is 12.8. The number of carbonyl (C=O) groups is 2. The summed E-state index contributed by atoms with van der Waals surface area (Å²) in [7, 11) is 0. The molecular formula is C24H31FN2O2S. The Morgan fingerprint density at radius 3 is 2.40 bits per heavy atom. The lowest BCUT2D eigenvalue weighted by Gasteiger charge is -2.29. The van der Waals surface area contributed by atoms with Gasteiger partial charge in [0.1, 0.15) is 11.9 Å². The van der Waals surface area contributed by atoms with E-state index < -0.39 is 6.04 Å². The van der Waals surface area contributed by atoms with E-state index in [0.29, 0.717) is 11.3 Å². The number of aryl methyl sites for hydroxylation is 1. The summed E-state index contributed by atoms with van der Waals surface area (Å²) in [5.41, 5.74) is 2.73. The van der Waals surface area contributed by atoms with Gasteiger partial charge in [-0.3, -0.25) is 9.59 Å². The number of hydrogen-bond donors (Lipinski definition) is 1. The fourth-order valence-corrected chi connectivity index (χ4v) is 3.75. The smallest absolute Gasteiger partial charge is 0.242 e. The molecule has 0 saturated heterocycles. The summed E-state index contributed by atoms with van der Waals surface area (Å²) in [6.45, 7) is 7.70. The molecule has 2 atom stereocenters. The Labute approximate surface area is 183 Å². The van der Waals surface area contributed by atoms with E-state index in [9.17, 15) is 14.0 Å². The third-order valence-electron chi connectivity index (χ3n) is 5.08. The molecule has 30 heavy (non-hydrogen) atoms. The van der Waals surface area contributed by atoms with Crippen LogP contribution in [0.2, 0.25) is 0 Å². The molecular weight excluding hydrogens is 399 g/mol. The van der Waals surface area contributed by atoms with Gasteiger partial charge >= 0.3 is 0 Å². The molecule has 0 heterocycles. The first kappa shape index (κ1) is 23.9. The predicted molar refractivity (Wildman–Crippen MR) is 122 cm³/mol. The van der Waals surface area contributed by atoms with Crippen LogP contribution in [0.1, 0.15) is 43.9 Å². The summed E-state index contributed by atoms with van der Waals surface area (Å²) in [5, 5.41) is 2.92. The van der Waals surface area contributed by atoms with Gasteiger partial charge in [0.2, 0.25) is 11.8 Å². The first-order valence-corrected chi connectivity index (χ1v) is 11.4. The first-order valence-electron chi connectivity index (χ1n) is 10.3. The van der Waals surface area contributed by atoms with Gasteiger partial charge in [0.05, 0.1) is 5.75 Å². The second kappa shape index (κ2) is 11.7. The zero-order chi connectivity index (χ0) is 22.1. The SMILES string of the molecule is CC[C@H](C)NC(=O)[C@@H](C)N(Cc1ccccc1F)C(=O)CSCc1ccc(C)cc1. The van der Waals surface area contributed by atoms with E-state index in [1.807, 2.05) is 45.0 Å². The maximum absolute atomic E-state index is 14.2. The van der Waals surface area contributed by atoms with Crippen LogP contribution in [0, 0.1) is 12.7 Å². The van der Waals surface area contributed by atoms with Crippen LogP contribution >= 0.6 is 11.8 Å². The molecule has 0 aliphatic heterocycles. The van der Waals surface area contributed by atoms with E-state index in [-0.39, 0.29) is 36.0 Å². The third-order valence-corrected chi connectivity index (χ3v) is 6.07. The van der Waals surface area contributed by atoms with Gasteiger partial charge < -0.3 is 10.2 Å². The van der Waals surface area contributed by atoms with Crippen molar-refractivity contribution in [2.24, 2.45) is 0 Å². The second-order valence-electron chi connectivity index (χ2n) is 7.59. The van der Waals surface area contributed by atoms with Crippen molar-refractivity contribution in [1.29, 1.82) is 0 Å². The van der Waals surface area contributed by atoms with E-state index in [1.54, 1.807) is 25.1 Å². The number of nitrogens with one attached hydrogen (secondary N) is 1. The summed E-state index contributed by atoms with van der Waals surface area (Å²) in [5.74, 6) is 0.146. The van der Waals surface area contributed by atoms with Crippen molar-refractivity contribution < 1.29 is 14.0 Å². The number of hydrogen-bond acceptors (Lipinski definition) is 3. The molecule has 162 valence electrons. The molecule has 0 aromatic heterocycles. The van der Waals surface area contributed by atoms with Gasteiger partial charge in [0.25, 0.3) is 0 Å². The average Bonchev–Trinajstić information content (AvgIpc) is 2.73. The minimum atomic E-state index is -0.689. The number of amides is 2. The number of carbonyl (C=O) groups excluding carboxylic acids is 2. The lowest BCUT2D eigenvalue weighted by Crippen LogP contribution is -2.50. The fraction of sp³-hybridized carbons (Fsp3) is 0.417. The molecule has 1 N–H and O–H groups in total. The lowest BCUT2D eigenvalue weighted by atomic mass is 10.1. The quantitative estimate of drug-likeness (QED) is 0.594. The Morgan fingerprint density at radius 2 is 1.77 bits per heavy atom. The molecule has 0 spiro atoms. The Bertz CT molecular complexity index is 841. The van der Waals surface area contributed by atoms with Crippen LogP contribution in [0.4, 0.5) is 4.39 Å². The molecule has 0 aliphatic carbocycles. The lowest BCUT2D eigenvalue weighted by molar-refractivity contribution is -0.139. The molecule has 0 fully saturated rings. The largest absolute Gasteiger partial charge is 0.352 e. The minimum absolute atomic E-state index is 0.0151. The van der Waals surface area contributed by atoms with Crippen molar-refractivity contribution in [3.8, 4) is 0 Å². The van der Waals surface area contributed by atoms with Gasteiger partial charge in [-0.25, -0.2) is 4.39 Å². The van der Waals surface area contributed by atoms with E-state index in [1.165, 1.54) is 28.3 Å². The van der Waals surface area contributed by atoms with Crippen LogP contribution < -0.4 is 5.32 Å². The molecule has 0 radical (unpaired) electrons. The highest BCUT2D eigenvalue weighted by atomic mass is 32.2. The molecule has 0 bridgehead atoms. The maximum Gasteiger partial charge on any atom is 0.242 e. The monoisotopic (exact) mass is 430 g/mol. The van der Waals surface area contributed by atoms with Gasteiger partial charge in [0, 0.05) is 23.9 Å². The van der Waals surface area contributed by atoms with Crippen molar-refractivity contribution in [3.63, 3.8) is 0 Å². The summed E-state index contributed by atoms with van der Waals surface area (Å²) < 4.78 is 14.2. The highest BCUT2D eigenvalue weighted by Gasteiger charge is 2.27. The Kier molecular flexibility index (Phi) is 9.37. The highest BCUT2D eigenvalue weighted by Crippen LogP contribution is 2.17. The Balaban J connectivity index is 2.08. The first-order chi connectivity index (χ1) is 14.3. The van der Waals surface area contributed by atoms with Gasteiger partial charge in [-0.15, -0.1) is 11.8 Å². The molecule has 2 amide bonds. The molecule has 0 unspecified atom stereocenters. The van der Waals surface area contributed by atoms with Crippen molar-refractivity contribution in [2.45, 2.75) is 58.5 Å². The van der Waals surface area contributed by atoms with E-state index in [4.69, 9.17) is 0 Å². The molecule has 0 saturated carbocycles. The second-order valence-corrected chi connectivity index (χ2v) is 8.57. The predicted octanol–water partition coefficient (Wildman–Crippen LogP) is 4.70. The van der Waals surface area contributed by atoms with Crippen LogP contribution in [-0.2, 0) is 21.9 Å². The Morgan fingerprint density at radius 1 is 1.10 bits per heavy atom. The van der Waals surface area contributed by atoms with E-state index in [2.05, 4.69) is 5.32 Å². The number of benzene rings is 2. The van der Waals surface area contributed by atoms with Gasteiger partial charge in [-0.05, 0) is 38.8 Å². The molecule has 4 nitrogen and oxygen atoms in total. The Hall–Kier alpha value is -2.34. The van der Waals surface area contributed by atoms with Crippen LogP contribution in [0.3, 0.4) is 0 Å². The summed E-state index contributed by atoms with van der Waals surface area (Å²) in [6, 6.07) is 13.9. The van der Waals surface area contributed by atoms with Gasteiger partial charge in [-0.1, -0.05) is 55.0 Å². The zero-order valence-corrected chi connectivity index (χ0v) is 19.0. The number of thioether (sulfide) groups is 1. The standard InChI is InChI=1S/C24H31FN2O2S/c1-5-18(3)26-24(29)19(4)27(14-21-8-6-7-9-22(21)25)23(28)16-30-15-20-12-10-17(2)11-13-20/h6-13,18-19H,5,14-16H2,1-4H3,(H,26,29)/t18-,19+/m0/s1. The van der Waals surface area contributed by atoms with Crippen molar-refractivity contribution in [1.82, 2.24) is 10.2 Å². The third kappa shape index (κ3) is 7.17. The maximum atomic E-state index is 14.2. The molecule has 0 aliphatic rings. The van der Waals surface area contributed by atoms with Gasteiger partial charge in [-0.2, -0.15) is 0 Å². The molecule has 2 rings (SSSR count). The van der Waals surface area contributed by atoms with Crippen molar-refractivity contribution >= 4 is 23.6 Å². The van der Waals surface area contributed by atoms with Crippen molar-refractivity contribution in [3.05, 3.63) is 71.0 Å². The van der Waals surface area contributed by atoms with E-state index >= 15 is 0 Å². The molecule has 2 aromatic rings. The number of rotatable bonds is 10. The summed E-state index contributed by atoms with van der Waals surface area (Å²) in [4.78, 5) is 27.1. The zero-order valence-electron chi connectivity index (χ0n) is 18.2. The van der Waals surface area contributed by atoms with Gasteiger partial charge in [0.15, 0.2) is 0 Å². The molecule has 6 heteroatoms. The fourth-order valence-electron chi connectivity index (χ4n) is 2.88. The van der Waals surface area contributed by atoms with Crippen LogP contribution in [0.25, 0.3) is 0 Å². The van der Waals surface area contributed by atoms with E-state index in [0.717, 1.165) is 12.0 Å². The minimum Gasteiger partial charge on any atom is -0.352 e. The average molecular weight is 431 g/mol. The topological polar surface area (TPSA) is 49.4 Å². The molecule has 2 aromatic carbocycles. The van der Waals surface area contributed by atoms with Crippen molar-refractivity contribution in [2.75, 3.05) is 5.75 Å². The summed E-state index contributed by atoms with van der Waals surface area (Å²) >= 11 is 1.49. The van der Waals surface area contributed by atoms with Crippen LogP contribution in [-0.4, -0.2) is 34.6 Å². The van der Waals surface area contributed by atoms with Crippen LogP contribution in [0.5, 0.6) is 0 Å². The number of nitrogens with zero attached hydrogens (tertiary/aromatic N) is 1. The van der Waals surface area contributed by atoms with Crippen LogP contribution in [0.15, 0.2) is 48.5 Å². The summed E-state index contributed by atoms with van der Waals surface area (Å²) in [6.07, 6.45) is 0.798. The highest BCUT2D eigenvalue weighted by molar-refractivity contribution is 7.99.